The quantitative estimate of drug-likeness (QED) is 0.705. The highest BCUT2D eigenvalue weighted by molar-refractivity contribution is 5.83. The van der Waals surface area contributed by atoms with Gasteiger partial charge in [-0.1, -0.05) is 13.8 Å². The lowest BCUT2D eigenvalue weighted by Crippen LogP contribution is -2.26. The van der Waals surface area contributed by atoms with Gasteiger partial charge >= 0.3 is 0 Å². The summed E-state index contributed by atoms with van der Waals surface area (Å²) in [5.41, 5.74) is 0. The van der Waals surface area contributed by atoms with Crippen LogP contribution in [-0.4, -0.2) is 32.1 Å². The number of methoxy groups -OCH3 is 1. The van der Waals surface area contributed by atoms with E-state index in [1.807, 2.05) is 13.8 Å². The predicted molar refractivity (Wildman–Crippen MR) is 51.6 cm³/mol. The minimum Gasteiger partial charge on any atom is -0.383 e. The number of hydrogen-bond acceptors (Lipinski definition) is 3. The molecule has 1 rings (SSSR count). The van der Waals surface area contributed by atoms with Crippen molar-refractivity contribution in [3.63, 3.8) is 0 Å². The van der Waals surface area contributed by atoms with Gasteiger partial charge < -0.3 is 10.1 Å². The Morgan fingerprint density at radius 2 is 2.31 bits per heavy atom. The summed E-state index contributed by atoms with van der Waals surface area (Å²) in [5, 5.41) is 3.30. The second-order valence-electron chi connectivity index (χ2n) is 4.05. The largest absolute Gasteiger partial charge is 0.383 e. The van der Waals surface area contributed by atoms with Gasteiger partial charge in [0.05, 0.1) is 6.61 Å². The van der Waals surface area contributed by atoms with Crippen LogP contribution in [0.25, 0.3) is 0 Å². The predicted octanol–water partition coefficient (Wildman–Crippen LogP) is 0.836. The molecule has 0 aromatic carbocycles. The Balaban J connectivity index is 2.36. The van der Waals surface area contributed by atoms with Crippen LogP contribution in [0, 0.1) is 11.8 Å². The molecule has 0 spiro atoms. The Labute approximate surface area is 79.8 Å². The van der Waals surface area contributed by atoms with E-state index in [1.165, 1.54) is 0 Å². The van der Waals surface area contributed by atoms with Crippen molar-refractivity contribution in [2.45, 2.75) is 26.3 Å². The van der Waals surface area contributed by atoms with E-state index in [0.717, 1.165) is 13.0 Å². The third-order valence-corrected chi connectivity index (χ3v) is 2.56. The highest BCUT2D eigenvalue weighted by Gasteiger charge is 2.30. The SMILES string of the molecule is COC[C@H]1C[C@@H](C(=O)C(C)C)CN1. The molecule has 2 atom stereocenters. The molecular weight excluding hydrogens is 166 g/mol. The standard InChI is InChI=1S/C10H19NO2/c1-7(2)10(12)8-4-9(6-13-3)11-5-8/h7-9,11H,4-6H2,1-3H3/t8-,9-/m1/s1. The lowest BCUT2D eigenvalue weighted by molar-refractivity contribution is -0.125. The molecule has 0 aliphatic carbocycles. The number of Topliss-reactive ketones (excluding diaryl/α,β-unsaturated/α-hetero) is 1. The summed E-state index contributed by atoms with van der Waals surface area (Å²) in [6.45, 7) is 5.46. The first-order valence-corrected chi connectivity index (χ1v) is 4.91. The lowest BCUT2D eigenvalue weighted by Gasteiger charge is -2.10. The molecule has 1 N–H and O–H groups in total. The van der Waals surface area contributed by atoms with Crippen molar-refractivity contribution in [3.05, 3.63) is 0 Å². The van der Waals surface area contributed by atoms with Crippen LogP contribution in [0.3, 0.4) is 0 Å². The van der Waals surface area contributed by atoms with Gasteiger partial charge in [-0.3, -0.25) is 4.79 Å². The molecule has 3 heteroatoms. The molecule has 1 aliphatic rings. The van der Waals surface area contributed by atoms with Crippen LogP contribution in [0.1, 0.15) is 20.3 Å². The minimum absolute atomic E-state index is 0.160. The zero-order valence-electron chi connectivity index (χ0n) is 8.67. The molecule has 0 radical (unpaired) electrons. The van der Waals surface area contributed by atoms with Crippen molar-refractivity contribution in [1.29, 1.82) is 0 Å². The molecule has 1 aliphatic heterocycles. The van der Waals surface area contributed by atoms with Crippen LogP contribution in [0.4, 0.5) is 0 Å². The molecule has 0 aromatic heterocycles. The van der Waals surface area contributed by atoms with Gasteiger partial charge in [-0.25, -0.2) is 0 Å². The molecule has 1 fully saturated rings. The normalized spacial score (nSPS) is 28.3. The van der Waals surface area contributed by atoms with E-state index in [1.54, 1.807) is 7.11 Å². The molecule has 13 heavy (non-hydrogen) atoms. The van der Waals surface area contributed by atoms with Gasteiger partial charge in [-0.2, -0.15) is 0 Å². The second kappa shape index (κ2) is 4.72. The Morgan fingerprint density at radius 1 is 1.62 bits per heavy atom. The Morgan fingerprint density at radius 3 is 2.85 bits per heavy atom. The van der Waals surface area contributed by atoms with E-state index in [2.05, 4.69) is 5.32 Å². The number of hydrogen-bond donors (Lipinski definition) is 1. The fourth-order valence-corrected chi connectivity index (χ4v) is 1.84. The maximum Gasteiger partial charge on any atom is 0.139 e. The minimum atomic E-state index is 0.160. The number of nitrogens with one attached hydrogen (secondary N) is 1. The molecule has 0 unspecified atom stereocenters. The van der Waals surface area contributed by atoms with Crippen molar-refractivity contribution < 1.29 is 9.53 Å². The lowest BCUT2D eigenvalue weighted by atomic mass is 9.93. The van der Waals surface area contributed by atoms with E-state index in [9.17, 15) is 4.79 Å². The molecule has 1 saturated heterocycles. The fraction of sp³-hybridized carbons (Fsp3) is 0.900. The van der Waals surface area contributed by atoms with Crippen LogP contribution in [0.15, 0.2) is 0 Å². The second-order valence-corrected chi connectivity index (χ2v) is 4.05. The first-order valence-electron chi connectivity index (χ1n) is 4.91. The molecule has 1 heterocycles. The monoisotopic (exact) mass is 185 g/mol. The molecular formula is C10H19NO2. The number of carbonyl (C=O) groups excluding carboxylic acids is 1. The highest BCUT2D eigenvalue weighted by Crippen LogP contribution is 2.18. The first kappa shape index (κ1) is 10.7. The summed E-state index contributed by atoms with van der Waals surface area (Å²) in [5.74, 6) is 0.749. The first-order chi connectivity index (χ1) is 6.15. The fourth-order valence-electron chi connectivity index (χ4n) is 1.84. The summed E-state index contributed by atoms with van der Waals surface area (Å²) >= 11 is 0. The zero-order valence-corrected chi connectivity index (χ0v) is 8.67. The number of ether oxygens (including phenoxy) is 1. The van der Waals surface area contributed by atoms with E-state index < -0.39 is 0 Å². The maximum atomic E-state index is 11.6. The summed E-state index contributed by atoms with van der Waals surface area (Å²) < 4.78 is 5.04. The number of ketones is 1. The number of rotatable bonds is 4. The Bertz CT molecular complexity index is 180. The van der Waals surface area contributed by atoms with Gasteiger partial charge in [0.25, 0.3) is 0 Å². The van der Waals surface area contributed by atoms with Crippen molar-refractivity contribution in [2.24, 2.45) is 11.8 Å². The molecule has 0 bridgehead atoms. The molecule has 0 aromatic rings. The zero-order chi connectivity index (χ0) is 9.84. The molecule has 0 saturated carbocycles. The van der Waals surface area contributed by atoms with Crippen LogP contribution in [0.2, 0.25) is 0 Å². The van der Waals surface area contributed by atoms with E-state index >= 15 is 0 Å². The number of carbonyl (C=O) groups is 1. The highest BCUT2D eigenvalue weighted by atomic mass is 16.5. The van der Waals surface area contributed by atoms with Crippen LogP contribution in [-0.2, 0) is 9.53 Å². The topological polar surface area (TPSA) is 38.3 Å². The third kappa shape index (κ3) is 2.78. The van der Waals surface area contributed by atoms with Crippen LogP contribution < -0.4 is 5.32 Å². The van der Waals surface area contributed by atoms with Gasteiger partial charge in [0.2, 0.25) is 0 Å². The van der Waals surface area contributed by atoms with Crippen LogP contribution >= 0.6 is 0 Å². The van der Waals surface area contributed by atoms with Crippen molar-refractivity contribution in [2.75, 3.05) is 20.3 Å². The Kier molecular flexibility index (Phi) is 3.88. The molecule has 76 valence electrons. The average molecular weight is 185 g/mol. The van der Waals surface area contributed by atoms with Gasteiger partial charge in [0.15, 0.2) is 0 Å². The summed E-state index contributed by atoms with van der Waals surface area (Å²) in [6, 6.07) is 0.373. The maximum absolute atomic E-state index is 11.6. The van der Waals surface area contributed by atoms with Gasteiger partial charge in [0, 0.05) is 31.5 Å². The van der Waals surface area contributed by atoms with Gasteiger partial charge in [0.1, 0.15) is 5.78 Å². The summed E-state index contributed by atoms with van der Waals surface area (Å²) in [7, 11) is 1.69. The van der Waals surface area contributed by atoms with Crippen LogP contribution in [0.5, 0.6) is 0 Å². The van der Waals surface area contributed by atoms with Crippen molar-refractivity contribution in [1.82, 2.24) is 5.32 Å². The van der Waals surface area contributed by atoms with Gasteiger partial charge in [-0.15, -0.1) is 0 Å². The molecule has 0 amide bonds. The smallest absolute Gasteiger partial charge is 0.139 e. The summed E-state index contributed by atoms with van der Waals surface area (Å²) in [4.78, 5) is 11.6. The van der Waals surface area contributed by atoms with E-state index in [0.29, 0.717) is 18.4 Å². The van der Waals surface area contributed by atoms with Gasteiger partial charge in [-0.05, 0) is 6.42 Å². The Hall–Kier alpha value is -0.410. The van der Waals surface area contributed by atoms with Crippen molar-refractivity contribution in [3.8, 4) is 0 Å². The summed E-state index contributed by atoms with van der Waals surface area (Å²) in [6.07, 6.45) is 0.935. The average Bonchev–Trinajstić information content (AvgIpc) is 2.52. The van der Waals surface area contributed by atoms with Crippen molar-refractivity contribution >= 4 is 5.78 Å². The third-order valence-electron chi connectivity index (χ3n) is 2.56. The molecule has 3 nitrogen and oxygen atoms in total. The van der Waals surface area contributed by atoms with E-state index in [4.69, 9.17) is 4.74 Å². The van der Waals surface area contributed by atoms with E-state index in [-0.39, 0.29) is 11.8 Å².